The van der Waals surface area contributed by atoms with Crippen LogP contribution in [0.5, 0.6) is 0 Å². The lowest BCUT2D eigenvalue weighted by molar-refractivity contribution is -0.136. The van der Waals surface area contributed by atoms with Gasteiger partial charge in [-0.3, -0.25) is 14.5 Å². The monoisotopic (exact) mass is 356 g/mol. The van der Waals surface area contributed by atoms with Crippen molar-refractivity contribution in [3.63, 3.8) is 0 Å². The third kappa shape index (κ3) is 6.16. The summed E-state index contributed by atoms with van der Waals surface area (Å²) in [5.74, 6) is -0.506. The summed E-state index contributed by atoms with van der Waals surface area (Å²) in [5, 5.41) is 16.6. The standard InChI is InChI=1S/C15H28N6O2S/c1-16-9-15(10-17-2,11-18-3)20-14(24)19-7-4-8-21-12(22)5-6-13(21)23/h5-6,16-18H,4,7-11H2,1-3H3,(H2,19,20,24). The van der Waals surface area contributed by atoms with E-state index in [0.717, 1.165) is 19.6 Å². The molecule has 1 aliphatic rings. The number of imide groups is 1. The number of carbonyl (C=O) groups excluding carboxylic acids is 2. The molecule has 0 saturated carbocycles. The van der Waals surface area contributed by atoms with Crippen LogP contribution in [0.3, 0.4) is 0 Å². The van der Waals surface area contributed by atoms with Crippen LogP contribution in [0.2, 0.25) is 0 Å². The van der Waals surface area contributed by atoms with Crippen molar-refractivity contribution in [2.24, 2.45) is 0 Å². The molecule has 24 heavy (non-hydrogen) atoms. The maximum atomic E-state index is 11.5. The Bertz CT molecular complexity index is 448. The van der Waals surface area contributed by atoms with Gasteiger partial charge in [-0.05, 0) is 39.8 Å². The van der Waals surface area contributed by atoms with E-state index >= 15 is 0 Å². The van der Waals surface area contributed by atoms with Gasteiger partial charge in [0, 0.05) is 44.9 Å². The van der Waals surface area contributed by atoms with E-state index in [1.165, 1.54) is 17.1 Å². The first kappa shape index (κ1) is 20.5. The molecule has 0 unspecified atom stereocenters. The first-order chi connectivity index (χ1) is 11.5. The largest absolute Gasteiger partial charge is 0.363 e. The number of carbonyl (C=O) groups is 2. The number of likely N-dealkylation sites (N-methyl/N-ethyl adjacent to an activating group) is 3. The van der Waals surface area contributed by atoms with E-state index in [0.29, 0.717) is 24.6 Å². The molecule has 9 heteroatoms. The Balaban J connectivity index is 2.39. The summed E-state index contributed by atoms with van der Waals surface area (Å²) in [7, 11) is 5.70. The second-order valence-electron chi connectivity index (χ2n) is 5.77. The zero-order chi connectivity index (χ0) is 18.0. The normalized spacial score (nSPS) is 14.4. The van der Waals surface area contributed by atoms with E-state index in [1.54, 1.807) is 0 Å². The van der Waals surface area contributed by atoms with Gasteiger partial charge in [-0.15, -0.1) is 0 Å². The average molecular weight is 356 g/mol. The molecule has 0 aromatic carbocycles. The van der Waals surface area contributed by atoms with E-state index in [2.05, 4.69) is 26.6 Å². The minimum absolute atomic E-state index is 0.253. The molecule has 0 fully saturated rings. The van der Waals surface area contributed by atoms with Crippen molar-refractivity contribution in [1.82, 2.24) is 31.5 Å². The molecule has 2 amide bonds. The third-order valence-electron chi connectivity index (χ3n) is 3.67. The maximum absolute atomic E-state index is 11.5. The second-order valence-corrected chi connectivity index (χ2v) is 6.18. The van der Waals surface area contributed by atoms with Crippen molar-refractivity contribution in [3.8, 4) is 0 Å². The molecule has 136 valence electrons. The predicted molar refractivity (Wildman–Crippen MR) is 98.7 cm³/mol. The van der Waals surface area contributed by atoms with Gasteiger partial charge in [-0.2, -0.15) is 0 Å². The highest BCUT2D eigenvalue weighted by Crippen LogP contribution is 2.04. The Labute approximate surface area is 148 Å². The summed E-state index contributed by atoms with van der Waals surface area (Å²) in [4.78, 5) is 24.1. The number of thiocarbonyl (C=S) groups is 1. The van der Waals surface area contributed by atoms with Crippen LogP contribution in [0.15, 0.2) is 12.2 Å². The molecular weight excluding hydrogens is 328 g/mol. The molecular formula is C15H28N6O2S. The summed E-state index contributed by atoms with van der Waals surface area (Å²) >= 11 is 5.37. The highest BCUT2D eigenvalue weighted by molar-refractivity contribution is 7.80. The Kier molecular flexibility index (Phi) is 8.83. The smallest absolute Gasteiger partial charge is 0.253 e. The van der Waals surface area contributed by atoms with Gasteiger partial charge >= 0.3 is 0 Å². The van der Waals surface area contributed by atoms with Crippen molar-refractivity contribution in [1.29, 1.82) is 0 Å². The summed E-state index contributed by atoms with van der Waals surface area (Å²) in [6.07, 6.45) is 3.23. The summed E-state index contributed by atoms with van der Waals surface area (Å²) in [5.41, 5.74) is -0.257. The molecule has 0 saturated heterocycles. The first-order valence-electron chi connectivity index (χ1n) is 8.01. The van der Waals surface area contributed by atoms with Crippen LogP contribution in [0.1, 0.15) is 6.42 Å². The summed E-state index contributed by atoms with van der Waals surface area (Å²) in [6, 6.07) is 0. The summed E-state index contributed by atoms with van der Waals surface area (Å²) < 4.78 is 0. The second kappa shape index (κ2) is 10.3. The minimum atomic E-state index is -0.257. The van der Waals surface area contributed by atoms with Crippen LogP contribution in [0.4, 0.5) is 0 Å². The molecule has 0 aromatic heterocycles. The van der Waals surface area contributed by atoms with Crippen LogP contribution >= 0.6 is 12.2 Å². The van der Waals surface area contributed by atoms with E-state index < -0.39 is 0 Å². The number of hydrogen-bond acceptors (Lipinski definition) is 6. The zero-order valence-corrected chi connectivity index (χ0v) is 15.4. The van der Waals surface area contributed by atoms with E-state index in [9.17, 15) is 9.59 Å². The molecule has 5 N–H and O–H groups in total. The van der Waals surface area contributed by atoms with Crippen molar-refractivity contribution in [2.75, 3.05) is 53.9 Å². The first-order valence-corrected chi connectivity index (χ1v) is 8.42. The summed E-state index contributed by atoms with van der Waals surface area (Å²) in [6.45, 7) is 3.17. The fraction of sp³-hybridized carbons (Fsp3) is 0.667. The number of hydrogen-bond donors (Lipinski definition) is 5. The van der Waals surface area contributed by atoms with Gasteiger partial charge in [0.25, 0.3) is 11.8 Å². The highest BCUT2D eigenvalue weighted by atomic mass is 32.1. The van der Waals surface area contributed by atoms with Crippen LogP contribution in [0.25, 0.3) is 0 Å². The maximum Gasteiger partial charge on any atom is 0.253 e. The number of amides is 2. The third-order valence-corrected chi connectivity index (χ3v) is 3.92. The van der Waals surface area contributed by atoms with Gasteiger partial charge in [0.1, 0.15) is 0 Å². The topological polar surface area (TPSA) is 97.5 Å². The molecule has 0 aliphatic carbocycles. The predicted octanol–water partition coefficient (Wildman–Crippen LogP) is -1.84. The van der Waals surface area contributed by atoms with Gasteiger partial charge in [-0.25, -0.2) is 0 Å². The Morgan fingerprint density at radius 1 is 1.04 bits per heavy atom. The molecule has 8 nitrogen and oxygen atoms in total. The van der Waals surface area contributed by atoms with Crippen molar-refractivity contribution in [2.45, 2.75) is 12.0 Å². The van der Waals surface area contributed by atoms with E-state index in [1.807, 2.05) is 21.1 Å². The number of nitrogens with one attached hydrogen (secondary N) is 5. The number of rotatable bonds is 11. The molecule has 0 bridgehead atoms. The fourth-order valence-corrected chi connectivity index (χ4v) is 3.03. The molecule has 0 spiro atoms. The highest BCUT2D eigenvalue weighted by Gasteiger charge is 2.29. The van der Waals surface area contributed by atoms with Crippen LogP contribution in [-0.4, -0.2) is 81.2 Å². The minimum Gasteiger partial charge on any atom is -0.363 e. The average Bonchev–Trinajstić information content (AvgIpc) is 2.83. The van der Waals surface area contributed by atoms with E-state index in [4.69, 9.17) is 12.2 Å². The zero-order valence-electron chi connectivity index (χ0n) is 14.6. The van der Waals surface area contributed by atoms with Gasteiger partial charge in [0.2, 0.25) is 0 Å². The molecule has 0 radical (unpaired) electrons. The Morgan fingerprint density at radius 3 is 2.00 bits per heavy atom. The van der Waals surface area contributed by atoms with Gasteiger partial charge in [0.15, 0.2) is 5.11 Å². The van der Waals surface area contributed by atoms with Crippen LogP contribution < -0.4 is 26.6 Å². The molecule has 0 aromatic rings. The van der Waals surface area contributed by atoms with Crippen LogP contribution in [0, 0.1) is 0 Å². The quantitative estimate of drug-likeness (QED) is 0.167. The lowest BCUT2D eigenvalue weighted by Crippen LogP contribution is -2.65. The SMILES string of the molecule is CNCC(CNC)(CNC)NC(=S)NCCCN1C(=O)C=CC1=O. The molecule has 1 rings (SSSR count). The number of nitrogens with zero attached hydrogens (tertiary/aromatic N) is 1. The molecule has 0 atom stereocenters. The van der Waals surface area contributed by atoms with Gasteiger partial charge in [0.05, 0.1) is 5.54 Å². The molecule has 1 heterocycles. The van der Waals surface area contributed by atoms with E-state index in [-0.39, 0.29) is 17.4 Å². The van der Waals surface area contributed by atoms with Gasteiger partial charge in [-0.1, -0.05) is 0 Å². The lowest BCUT2D eigenvalue weighted by atomic mass is 9.99. The fourth-order valence-electron chi connectivity index (χ4n) is 2.71. The van der Waals surface area contributed by atoms with Crippen molar-refractivity contribution in [3.05, 3.63) is 12.2 Å². The Hall–Kier alpha value is -1.55. The van der Waals surface area contributed by atoms with Crippen LogP contribution in [-0.2, 0) is 9.59 Å². The Morgan fingerprint density at radius 2 is 1.54 bits per heavy atom. The molecule has 1 aliphatic heterocycles. The lowest BCUT2D eigenvalue weighted by Gasteiger charge is -2.35. The van der Waals surface area contributed by atoms with Crippen molar-refractivity contribution >= 4 is 29.1 Å². The van der Waals surface area contributed by atoms with Gasteiger partial charge < -0.3 is 26.6 Å². The van der Waals surface area contributed by atoms with Crippen molar-refractivity contribution < 1.29 is 9.59 Å².